The molecule has 2 bridgehead atoms. The number of hydrogen-bond donors (Lipinski definition) is 0. The molecule has 1 spiro atoms. The number of amides is 2. The molecule has 0 radical (unpaired) electrons. The van der Waals surface area contributed by atoms with E-state index in [1.807, 2.05) is 36.4 Å². The second-order valence-electron chi connectivity index (χ2n) is 11.1. The molecule has 4 fully saturated rings. The second kappa shape index (κ2) is 7.74. The van der Waals surface area contributed by atoms with Crippen molar-refractivity contribution in [1.82, 2.24) is 9.80 Å². The third kappa shape index (κ3) is 2.63. The molecule has 40 heavy (non-hydrogen) atoms. The van der Waals surface area contributed by atoms with Crippen LogP contribution in [0.15, 0.2) is 89.8 Å². The van der Waals surface area contributed by atoms with Gasteiger partial charge in [0.25, 0.3) is 21.8 Å². The first-order chi connectivity index (χ1) is 19.2. The van der Waals surface area contributed by atoms with Crippen molar-refractivity contribution in [2.75, 3.05) is 11.4 Å². The lowest BCUT2D eigenvalue weighted by atomic mass is 9.70. The van der Waals surface area contributed by atoms with E-state index in [9.17, 15) is 18.0 Å². The quantitative estimate of drug-likeness (QED) is 0.417. The summed E-state index contributed by atoms with van der Waals surface area (Å²) in [5, 5.41) is 0. The van der Waals surface area contributed by atoms with Crippen molar-refractivity contribution < 1.29 is 18.0 Å². The molecule has 7 nitrogen and oxygen atoms in total. The van der Waals surface area contributed by atoms with Crippen LogP contribution in [0.2, 0.25) is 0 Å². The summed E-state index contributed by atoms with van der Waals surface area (Å²) in [5.41, 5.74) is 3.62. The van der Waals surface area contributed by atoms with Gasteiger partial charge in [-0.15, -0.1) is 0 Å². The fourth-order valence-electron chi connectivity index (χ4n) is 7.36. The van der Waals surface area contributed by atoms with Crippen LogP contribution in [0.25, 0.3) is 5.57 Å². The minimum absolute atomic E-state index is 0.147. The molecule has 0 unspecified atom stereocenters. The number of hydrogen-bond acceptors (Lipinski definition) is 6. The molecule has 9 rings (SSSR count). The van der Waals surface area contributed by atoms with Gasteiger partial charge in [-0.05, 0) is 53.8 Å². The summed E-state index contributed by atoms with van der Waals surface area (Å²) in [6.45, 7) is 1.76. The van der Waals surface area contributed by atoms with E-state index in [1.54, 1.807) is 54.1 Å². The predicted molar refractivity (Wildman–Crippen MR) is 157 cm³/mol. The van der Waals surface area contributed by atoms with Crippen LogP contribution < -0.4 is 4.31 Å². The number of allylic oxidation sites excluding steroid dienone is 1. The number of sulfonamides is 1. The number of rotatable bonds is 3. The Morgan fingerprint density at radius 2 is 1.57 bits per heavy atom. The molecule has 3 aromatic carbocycles. The molecule has 0 aromatic heterocycles. The number of carbonyl (C=O) groups excluding carboxylic acids is 2. The van der Waals surface area contributed by atoms with Gasteiger partial charge in [0.05, 0.1) is 16.0 Å². The zero-order chi connectivity index (χ0) is 27.7. The van der Waals surface area contributed by atoms with E-state index in [0.29, 0.717) is 12.1 Å². The van der Waals surface area contributed by atoms with Crippen LogP contribution in [-0.2, 0) is 31.4 Å². The standard InChI is InChI=1S/C30H25N3O4S3/c1-28-26(34)32-25-29(18-30(32,39-38-28)27(35)31(28)2,22-17-16-19-10-6-7-13-21(19)22)23-14-8-9-15-24(23)33(25)40(36,37)20-11-4-3-5-12-20/h3-15,17,25H,16,18H2,1-2H3/t25-,28+,29-,30-/m0/s1. The Labute approximate surface area is 240 Å². The van der Waals surface area contributed by atoms with Gasteiger partial charge in [0.1, 0.15) is 6.17 Å². The van der Waals surface area contributed by atoms with Crippen LogP contribution >= 0.6 is 21.6 Å². The summed E-state index contributed by atoms with van der Waals surface area (Å²) >= 11 is 0. The van der Waals surface area contributed by atoms with Gasteiger partial charge in [-0.25, -0.2) is 12.7 Å². The number of anilines is 1. The molecule has 10 heteroatoms. The van der Waals surface area contributed by atoms with E-state index in [1.165, 1.54) is 25.9 Å². The minimum Gasteiger partial charge on any atom is -0.319 e. The van der Waals surface area contributed by atoms with E-state index in [2.05, 4.69) is 18.2 Å². The number of fused-ring (bicyclic) bond motifs is 6. The van der Waals surface area contributed by atoms with Gasteiger partial charge >= 0.3 is 0 Å². The maximum atomic E-state index is 14.6. The number of benzene rings is 3. The molecule has 2 amide bonds. The van der Waals surface area contributed by atoms with Crippen LogP contribution in [0.5, 0.6) is 0 Å². The lowest BCUT2D eigenvalue weighted by molar-refractivity contribution is -0.163. The Morgan fingerprint density at radius 3 is 2.38 bits per heavy atom. The van der Waals surface area contributed by atoms with Crippen molar-refractivity contribution in [2.24, 2.45) is 0 Å². The lowest BCUT2D eigenvalue weighted by Crippen LogP contribution is -2.76. The molecule has 1 aliphatic carbocycles. The highest BCUT2D eigenvalue weighted by Crippen LogP contribution is 2.72. The number of likely N-dealkylation sites (N-methyl/N-ethyl adjacent to an activating group) is 1. The van der Waals surface area contributed by atoms with E-state index < -0.39 is 31.3 Å². The molecular weight excluding hydrogens is 563 g/mol. The van der Waals surface area contributed by atoms with Gasteiger partial charge in [0.15, 0.2) is 9.74 Å². The molecule has 6 aliphatic rings. The van der Waals surface area contributed by atoms with E-state index in [-0.39, 0.29) is 23.1 Å². The third-order valence-electron chi connectivity index (χ3n) is 9.29. The van der Waals surface area contributed by atoms with E-state index in [0.717, 1.165) is 22.3 Å². The zero-order valence-electron chi connectivity index (χ0n) is 21.8. The monoisotopic (exact) mass is 587 g/mol. The fraction of sp³-hybridized carbons (Fsp3) is 0.267. The fourth-order valence-corrected chi connectivity index (χ4v) is 12.5. The highest BCUT2D eigenvalue weighted by atomic mass is 33.1. The van der Waals surface area contributed by atoms with Crippen LogP contribution in [-0.4, -0.2) is 53.0 Å². The maximum Gasteiger partial charge on any atom is 0.266 e. The summed E-state index contributed by atoms with van der Waals surface area (Å²) in [4.78, 5) is 29.7. The molecule has 4 saturated heterocycles. The summed E-state index contributed by atoms with van der Waals surface area (Å²) in [6, 6.07) is 24.1. The van der Waals surface area contributed by atoms with E-state index in [4.69, 9.17) is 0 Å². The van der Waals surface area contributed by atoms with E-state index >= 15 is 0 Å². The number of nitrogens with zero attached hydrogens (tertiary/aromatic N) is 3. The van der Waals surface area contributed by atoms with Crippen LogP contribution in [0.1, 0.15) is 30.0 Å². The van der Waals surface area contributed by atoms with Crippen molar-refractivity contribution in [1.29, 1.82) is 0 Å². The Morgan fingerprint density at radius 1 is 0.875 bits per heavy atom. The van der Waals surface area contributed by atoms with Crippen molar-refractivity contribution in [3.8, 4) is 0 Å². The SMILES string of the molecule is CN1C(=O)[C@@]23C[C@]4(C5=CCc6ccccc65)c5ccccc5N(S(=O)(=O)c5ccccc5)[C@@H]4N2C(=O)[C@@]1(C)SS3. The van der Waals surface area contributed by atoms with Gasteiger partial charge < -0.3 is 4.90 Å². The van der Waals surface area contributed by atoms with Gasteiger partial charge in [-0.1, -0.05) is 88.3 Å². The maximum absolute atomic E-state index is 14.6. The van der Waals surface area contributed by atoms with Crippen LogP contribution in [0.4, 0.5) is 5.69 Å². The Kier molecular flexibility index (Phi) is 4.76. The topological polar surface area (TPSA) is 78.0 Å². The first kappa shape index (κ1) is 24.6. The lowest BCUT2D eigenvalue weighted by Gasteiger charge is -2.58. The van der Waals surface area contributed by atoms with Crippen molar-refractivity contribution in [2.45, 2.75) is 46.0 Å². The number of piperazine rings is 1. The second-order valence-corrected chi connectivity index (χ2v) is 15.7. The smallest absolute Gasteiger partial charge is 0.266 e. The molecule has 0 saturated carbocycles. The summed E-state index contributed by atoms with van der Waals surface area (Å²) in [6.07, 6.45) is 2.23. The first-order valence-electron chi connectivity index (χ1n) is 13.1. The van der Waals surface area contributed by atoms with Gasteiger partial charge in [-0.2, -0.15) is 0 Å². The highest BCUT2D eigenvalue weighted by Gasteiger charge is 2.79. The molecule has 4 atom stereocenters. The number of carbonyl (C=O) groups is 2. The van der Waals surface area contributed by atoms with Crippen LogP contribution in [0.3, 0.4) is 0 Å². The number of para-hydroxylation sites is 1. The van der Waals surface area contributed by atoms with Gasteiger partial charge in [0, 0.05) is 13.5 Å². The molecule has 202 valence electrons. The molecule has 5 heterocycles. The molecule has 0 N–H and O–H groups in total. The van der Waals surface area contributed by atoms with Crippen molar-refractivity contribution in [3.63, 3.8) is 0 Å². The average Bonchev–Trinajstić information content (AvgIpc) is 3.61. The third-order valence-corrected chi connectivity index (χ3v) is 14.8. The molecule has 5 aliphatic heterocycles. The Bertz CT molecular complexity index is 1790. The average molecular weight is 588 g/mol. The normalized spacial score (nSPS) is 31.7. The minimum atomic E-state index is -4.13. The van der Waals surface area contributed by atoms with Gasteiger partial charge in [-0.3, -0.25) is 14.5 Å². The Balaban J connectivity index is 1.47. The largest absolute Gasteiger partial charge is 0.319 e. The highest BCUT2D eigenvalue weighted by molar-refractivity contribution is 8.78. The zero-order valence-corrected chi connectivity index (χ0v) is 24.2. The van der Waals surface area contributed by atoms with Crippen molar-refractivity contribution >= 4 is 54.7 Å². The first-order valence-corrected chi connectivity index (χ1v) is 16.7. The summed E-state index contributed by atoms with van der Waals surface area (Å²) in [5.74, 6) is -0.397. The molecular formula is C30H25N3O4S3. The van der Waals surface area contributed by atoms with Crippen LogP contribution in [0, 0.1) is 0 Å². The molecule has 3 aromatic rings. The van der Waals surface area contributed by atoms with Crippen molar-refractivity contribution in [3.05, 3.63) is 102 Å². The predicted octanol–water partition coefficient (Wildman–Crippen LogP) is 4.61. The van der Waals surface area contributed by atoms with Gasteiger partial charge in [0.2, 0.25) is 0 Å². The summed E-state index contributed by atoms with van der Waals surface area (Å²) in [7, 11) is 0.362. The summed E-state index contributed by atoms with van der Waals surface area (Å²) < 4.78 is 30.7. The Hall–Kier alpha value is -3.21.